The number of alkyl halides is 2. The van der Waals surface area contributed by atoms with Gasteiger partial charge in [0.05, 0.1) is 13.0 Å². The minimum absolute atomic E-state index is 0.109. The highest BCUT2D eigenvalue weighted by atomic mass is 35.5. The summed E-state index contributed by atoms with van der Waals surface area (Å²) in [4.78, 5) is 0. The Bertz CT molecular complexity index is 1030. The third-order valence-electron chi connectivity index (χ3n) is 5.85. The molecule has 0 spiro atoms. The zero-order valence-corrected chi connectivity index (χ0v) is 16.5. The van der Waals surface area contributed by atoms with Crippen LogP contribution in [0.1, 0.15) is 22.6 Å². The fourth-order valence-electron chi connectivity index (χ4n) is 4.48. The summed E-state index contributed by atoms with van der Waals surface area (Å²) >= 11 is 13.8. The van der Waals surface area contributed by atoms with E-state index in [-0.39, 0.29) is 17.7 Å². The van der Waals surface area contributed by atoms with Crippen LogP contribution in [0.25, 0.3) is 0 Å². The molecule has 142 valence electrons. The predicted octanol–water partition coefficient (Wildman–Crippen LogP) is 6.06. The number of fused-ring (bicyclic) bond motifs is 2. The maximum absolute atomic E-state index is 13.5. The van der Waals surface area contributed by atoms with Crippen molar-refractivity contribution in [2.75, 3.05) is 7.11 Å². The van der Waals surface area contributed by atoms with Crippen LogP contribution >= 0.6 is 23.2 Å². The maximum atomic E-state index is 13.5. The van der Waals surface area contributed by atoms with Gasteiger partial charge in [-0.05, 0) is 41.5 Å². The molecule has 1 saturated carbocycles. The first-order valence-electron chi connectivity index (χ1n) is 9.05. The number of hydrogen-bond acceptors (Lipinski definition) is 2. The first-order chi connectivity index (χ1) is 13.5. The number of rotatable bonds is 3. The molecular formula is C23H17Cl2FO2. The van der Waals surface area contributed by atoms with Crippen molar-refractivity contribution in [3.8, 4) is 11.5 Å². The Labute approximate surface area is 172 Å². The zero-order valence-electron chi connectivity index (χ0n) is 15.0. The quantitative estimate of drug-likeness (QED) is 0.485. The highest BCUT2D eigenvalue weighted by Crippen LogP contribution is 2.77. The SMILES string of the molecule is COc1ccc([C@]23Oc4ccccc4[C@@H](c4ccc(F)cc4)[C@H]2C3(Cl)Cl)cc1. The standard InChI is InChI=1S/C23H17Cl2FO2/c1-27-17-12-8-15(9-13-17)22-21(23(22,24)25)20(14-6-10-16(26)11-7-14)18-4-2-3-5-19(18)28-22/h2-13,20-21H,1H3/t20-,21-,22+/m1/s1. The smallest absolute Gasteiger partial charge is 0.174 e. The van der Waals surface area contributed by atoms with E-state index in [1.807, 2.05) is 48.5 Å². The molecule has 28 heavy (non-hydrogen) atoms. The summed E-state index contributed by atoms with van der Waals surface area (Å²) in [6, 6.07) is 22.0. The van der Waals surface area contributed by atoms with Gasteiger partial charge in [0.25, 0.3) is 0 Å². The van der Waals surface area contributed by atoms with Crippen LogP contribution in [-0.2, 0) is 5.60 Å². The summed E-state index contributed by atoms with van der Waals surface area (Å²) in [5.74, 6) is 0.898. The highest BCUT2D eigenvalue weighted by molar-refractivity contribution is 6.52. The number of hydrogen-bond donors (Lipinski definition) is 0. The Morgan fingerprint density at radius 1 is 0.929 bits per heavy atom. The van der Waals surface area contributed by atoms with Crippen LogP contribution in [-0.4, -0.2) is 11.4 Å². The van der Waals surface area contributed by atoms with Crippen LogP contribution in [0.4, 0.5) is 4.39 Å². The van der Waals surface area contributed by atoms with Crippen molar-refractivity contribution in [3.05, 3.63) is 95.3 Å². The summed E-state index contributed by atoms with van der Waals surface area (Å²) in [6.07, 6.45) is 0. The van der Waals surface area contributed by atoms with E-state index in [0.717, 1.165) is 28.2 Å². The van der Waals surface area contributed by atoms with Crippen LogP contribution in [0.2, 0.25) is 0 Å². The van der Waals surface area contributed by atoms with Gasteiger partial charge in [0.1, 0.15) is 17.3 Å². The summed E-state index contributed by atoms with van der Waals surface area (Å²) in [5, 5.41) is 0. The lowest BCUT2D eigenvalue weighted by Gasteiger charge is -2.31. The molecule has 2 aliphatic rings. The van der Waals surface area contributed by atoms with E-state index in [9.17, 15) is 4.39 Å². The lowest BCUT2D eigenvalue weighted by atomic mass is 9.82. The van der Waals surface area contributed by atoms with E-state index in [1.165, 1.54) is 12.1 Å². The van der Waals surface area contributed by atoms with Crippen LogP contribution in [0, 0.1) is 11.7 Å². The van der Waals surface area contributed by atoms with Crippen LogP contribution in [0.3, 0.4) is 0 Å². The van der Waals surface area contributed by atoms with Gasteiger partial charge < -0.3 is 9.47 Å². The highest BCUT2D eigenvalue weighted by Gasteiger charge is 2.83. The molecule has 3 aromatic carbocycles. The Morgan fingerprint density at radius 3 is 2.29 bits per heavy atom. The van der Waals surface area contributed by atoms with E-state index >= 15 is 0 Å². The first-order valence-corrected chi connectivity index (χ1v) is 9.80. The van der Waals surface area contributed by atoms with Gasteiger partial charge >= 0.3 is 0 Å². The van der Waals surface area contributed by atoms with E-state index in [0.29, 0.717) is 0 Å². The molecule has 0 N–H and O–H groups in total. The maximum Gasteiger partial charge on any atom is 0.174 e. The summed E-state index contributed by atoms with van der Waals surface area (Å²) < 4.78 is 24.1. The molecular weight excluding hydrogens is 398 g/mol. The van der Waals surface area contributed by atoms with Crippen molar-refractivity contribution < 1.29 is 13.9 Å². The Kier molecular flexibility index (Phi) is 3.91. The van der Waals surface area contributed by atoms with Gasteiger partial charge in [-0.3, -0.25) is 0 Å². The van der Waals surface area contributed by atoms with Gasteiger partial charge in [-0.15, -0.1) is 0 Å². The number of methoxy groups -OCH3 is 1. The third kappa shape index (κ3) is 2.33. The normalized spacial score (nSPS) is 26.6. The molecule has 1 aliphatic carbocycles. The Hall–Kier alpha value is -2.23. The second-order valence-electron chi connectivity index (χ2n) is 7.23. The van der Waals surface area contributed by atoms with Crippen molar-refractivity contribution in [1.82, 2.24) is 0 Å². The van der Waals surface area contributed by atoms with E-state index in [4.69, 9.17) is 32.7 Å². The monoisotopic (exact) mass is 414 g/mol. The van der Waals surface area contributed by atoms with Crippen molar-refractivity contribution in [2.24, 2.45) is 5.92 Å². The van der Waals surface area contributed by atoms with Gasteiger partial charge in [-0.25, -0.2) is 4.39 Å². The third-order valence-corrected chi connectivity index (χ3v) is 6.88. The molecule has 0 amide bonds. The molecule has 5 heteroatoms. The van der Waals surface area contributed by atoms with Gasteiger partial charge in [0.15, 0.2) is 9.93 Å². The number of halogens is 3. The Morgan fingerprint density at radius 2 is 1.61 bits per heavy atom. The second-order valence-corrected chi connectivity index (χ2v) is 8.62. The van der Waals surface area contributed by atoms with Gasteiger partial charge in [0.2, 0.25) is 0 Å². The van der Waals surface area contributed by atoms with Crippen molar-refractivity contribution in [1.29, 1.82) is 0 Å². The second kappa shape index (κ2) is 6.13. The number of ether oxygens (including phenoxy) is 2. The lowest BCUT2D eigenvalue weighted by Crippen LogP contribution is -2.28. The minimum Gasteiger partial charge on any atom is -0.497 e. The number of benzene rings is 3. The molecule has 0 aromatic heterocycles. The van der Waals surface area contributed by atoms with Crippen molar-refractivity contribution in [2.45, 2.75) is 15.9 Å². The molecule has 0 bridgehead atoms. The van der Waals surface area contributed by atoms with Crippen molar-refractivity contribution >= 4 is 23.2 Å². The van der Waals surface area contributed by atoms with E-state index in [2.05, 4.69) is 0 Å². The van der Waals surface area contributed by atoms with Gasteiger partial charge in [-0.1, -0.05) is 65.7 Å². The fraction of sp³-hybridized carbons (Fsp3) is 0.217. The molecule has 3 atom stereocenters. The van der Waals surface area contributed by atoms with E-state index in [1.54, 1.807) is 19.2 Å². The summed E-state index contributed by atoms with van der Waals surface area (Å²) in [7, 11) is 1.62. The topological polar surface area (TPSA) is 18.5 Å². The fourth-order valence-corrected chi connectivity index (χ4v) is 5.46. The van der Waals surface area contributed by atoms with E-state index < -0.39 is 9.93 Å². The molecule has 3 aromatic rings. The molecule has 5 rings (SSSR count). The molecule has 0 radical (unpaired) electrons. The average Bonchev–Trinajstić information content (AvgIpc) is 3.23. The van der Waals surface area contributed by atoms with Crippen LogP contribution < -0.4 is 9.47 Å². The van der Waals surface area contributed by atoms with Crippen LogP contribution in [0.15, 0.2) is 72.8 Å². The Balaban J connectivity index is 1.69. The lowest BCUT2D eigenvalue weighted by molar-refractivity contribution is 0.137. The summed E-state index contributed by atoms with van der Waals surface area (Å²) in [5.41, 5.74) is 1.98. The first kappa shape index (κ1) is 17.8. The molecule has 2 nitrogen and oxygen atoms in total. The molecule has 0 saturated heterocycles. The largest absolute Gasteiger partial charge is 0.497 e. The molecule has 0 unspecified atom stereocenters. The van der Waals surface area contributed by atoms with Gasteiger partial charge in [0, 0.05) is 11.5 Å². The minimum atomic E-state index is -1.13. The zero-order chi connectivity index (χ0) is 19.5. The molecule has 1 aliphatic heterocycles. The van der Waals surface area contributed by atoms with Crippen molar-refractivity contribution in [3.63, 3.8) is 0 Å². The molecule has 1 heterocycles. The average molecular weight is 415 g/mol. The number of para-hydroxylation sites is 1. The molecule has 1 fully saturated rings. The summed E-state index contributed by atoms with van der Waals surface area (Å²) in [6.45, 7) is 0. The van der Waals surface area contributed by atoms with Crippen LogP contribution in [0.5, 0.6) is 11.5 Å². The van der Waals surface area contributed by atoms with Gasteiger partial charge in [-0.2, -0.15) is 0 Å². The predicted molar refractivity (Wildman–Crippen MR) is 108 cm³/mol.